The molecule has 0 bridgehead atoms. The Morgan fingerprint density at radius 3 is 2.29 bits per heavy atom. The molecule has 0 radical (unpaired) electrons. The van der Waals surface area contributed by atoms with E-state index in [1.807, 2.05) is 0 Å². The monoisotopic (exact) mass is 382 g/mol. The number of hydrogen-bond donors (Lipinski definition) is 2. The maximum absolute atomic E-state index is 13.7. The first-order valence-corrected chi connectivity index (χ1v) is 8.87. The molecule has 0 saturated carbocycles. The van der Waals surface area contributed by atoms with Crippen molar-refractivity contribution in [2.75, 3.05) is 11.9 Å². The maximum Gasteiger partial charge on any atom is 0.270 e. The van der Waals surface area contributed by atoms with E-state index < -0.39 is 0 Å². The second kappa shape index (κ2) is 9.03. The summed E-state index contributed by atoms with van der Waals surface area (Å²) >= 11 is 0. The third-order valence-electron chi connectivity index (χ3n) is 4.13. The normalized spacial score (nSPS) is 10.5. The fourth-order valence-electron chi connectivity index (χ4n) is 2.70. The van der Waals surface area contributed by atoms with Crippen LogP contribution in [0.3, 0.4) is 0 Å². The van der Waals surface area contributed by atoms with Crippen LogP contribution in [0.1, 0.15) is 27.4 Å². The molecule has 0 spiro atoms. The Hall–Kier alpha value is -3.35. The summed E-state index contributed by atoms with van der Waals surface area (Å²) in [5, 5.41) is 5.73. The molecule has 1 heterocycles. The molecule has 0 aliphatic rings. The van der Waals surface area contributed by atoms with E-state index in [-0.39, 0.29) is 36.3 Å². The molecule has 0 atom stereocenters. The summed E-state index contributed by atoms with van der Waals surface area (Å²) in [7, 11) is 0. The molecule has 0 unspecified atom stereocenters. The van der Waals surface area contributed by atoms with E-state index in [0.717, 1.165) is 0 Å². The maximum atomic E-state index is 13.7. The van der Waals surface area contributed by atoms with Crippen LogP contribution in [0.15, 0.2) is 54.6 Å². The third-order valence-corrected chi connectivity index (χ3v) is 4.13. The first kappa shape index (κ1) is 19.4. The molecule has 7 heteroatoms. The summed E-state index contributed by atoms with van der Waals surface area (Å²) in [6.07, 6.45) is 0.376. The van der Waals surface area contributed by atoms with Crippen molar-refractivity contribution in [3.8, 4) is 0 Å². The highest BCUT2D eigenvalue weighted by Crippen LogP contribution is 2.12. The van der Waals surface area contributed by atoms with Crippen LogP contribution in [0.4, 0.5) is 14.6 Å². The average Bonchev–Trinajstić information content (AvgIpc) is 2.68. The van der Waals surface area contributed by atoms with Gasteiger partial charge in [-0.15, -0.1) is 0 Å². The topological polar surface area (TPSA) is 66.9 Å². The number of aromatic nitrogens is 2. The minimum atomic E-state index is -0.379. The van der Waals surface area contributed by atoms with E-state index in [1.54, 1.807) is 43.3 Å². The summed E-state index contributed by atoms with van der Waals surface area (Å²) in [4.78, 5) is 20.7. The van der Waals surface area contributed by atoms with Crippen LogP contribution in [-0.4, -0.2) is 22.4 Å². The highest BCUT2D eigenvalue weighted by atomic mass is 19.1. The van der Waals surface area contributed by atoms with Crippen LogP contribution in [0.2, 0.25) is 0 Å². The van der Waals surface area contributed by atoms with Crippen molar-refractivity contribution in [2.45, 2.75) is 19.9 Å². The Morgan fingerprint density at radius 2 is 1.61 bits per heavy atom. The fraction of sp³-hybridized carbons (Fsp3) is 0.190. The molecule has 2 aromatic carbocycles. The van der Waals surface area contributed by atoms with Crippen LogP contribution in [0.5, 0.6) is 0 Å². The van der Waals surface area contributed by atoms with Gasteiger partial charge < -0.3 is 10.6 Å². The third kappa shape index (κ3) is 5.09. The summed E-state index contributed by atoms with van der Waals surface area (Å²) in [5.74, 6) is -0.148. The summed E-state index contributed by atoms with van der Waals surface area (Å²) < 4.78 is 27.4. The predicted octanol–water partition coefficient (Wildman–Crippen LogP) is 3.65. The lowest BCUT2D eigenvalue weighted by atomic mass is 10.1. The molecule has 0 fully saturated rings. The lowest BCUT2D eigenvalue weighted by Gasteiger charge is -2.10. The van der Waals surface area contributed by atoms with Gasteiger partial charge in [-0.25, -0.2) is 18.7 Å². The summed E-state index contributed by atoms with van der Waals surface area (Å²) in [6.45, 7) is 2.18. The number of hydrogen-bond acceptors (Lipinski definition) is 4. The molecule has 1 aromatic heterocycles. The number of benzene rings is 2. The number of halogens is 2. The molecule has 5 nitrogen and oxygen atoms in total. The van der Waals surface area contributed by atoms with Crippen LogP contribution >= 0.6 is 0 Å². The molecule has 3 rings (SSSR count). The van der Waals surface area contributed by atoms with Crippen molar-refractivity contribution < 1.29 is 13.6 Å². The zero-order chi connectivity index (χ0) is 19.9. The van der Waals surface area contributed by atoms with E-state index in [0.29, 0.717) is 29.2 Å². The second-order valence-electron chi connectivity index (χ2n) is 6.23. The summed E-state index contributed by atoms with van der Waals surface area (Å²) in [6, 6.07) is 14.4. The minimum Gasteiger partial charge on any atom is -0.366 e. The van der Waals surface area contributed by atoms with Crippen molar-refractivity contribution in [3.63, 3.8) is 0 Å². The molecule has 144 valence electrons. The highest BCUT2D eigenvalue weighted by Gasteiger charge is 2.11. The van der Waals surface area contributed by atoms with Gasteiger partial charge in [0.15, 0.2) is 0 Å². The van der Waals surface area contributed by atoms with E-state index in [9.17, 15) is 13.6 Å². The largest absolute Gasteiger partial charge is 0.366 e. The Morgan fingerprint density at radius 1 is 0.964 bits per heavy atom. The van der Waals surface area contributed by atoms with Crippen LogP contribution in [0, 0.1) is 18.6 Å². The van der Waals surface area contributed by atoms with Gasteiger partial charge in [-0.05, 0) is 31.0 Å². The van der Waals surface area contributed by atoms with Crippen LogP contribution < -0.4 is 10.6 Å². The minimum absolute atomic E-state index is 0.192. The second-order valence-corrected chi connectivity index (χ2v) is 6.23. The van der Waals surface area contributed by atoms with E-state index >= 15 is 0 Å². The molecular weight excluding hydrogens is 362 g/mol. The molecule has 3 aromatic rings. The zero-order valence-corrected chi connectivity index (χ0v) is 15.4. The van der Waals surface area contributed by atoms with Crippen molar-refractivity contribution in [2.24, 2.45) is 0 Å². The van der Waals surface area contributed by atoms with Gasteiger partial charge in [0.25, 0.3) is 5.91 Å². The van der Waals surface area contributed by atoms with Gasteiger partial charge in [0, 0.05) is 24.7 Å². The van der Waals surface area contributed by atoms with Gasteiger partial charge in [-0.3, -0.25) is 4.79 Å². The van der Waals surface area contributed by atoms with Crippen molar-refractivity contribution in [3.05, 3.63) is 88.9 Å². The van der Waals surface area contributed by atoms with E-state index in [1.165, 1.54) is 18.2 Å². The standard InChI is InChI=1S/C21H20F2N4O/c1-14-26-19(21(28)24-11-10-15-6-2-4-8-17(15)22)12-20(27-14)25-13-16-7-3-5-9-18(16)23/h2-9,12H,10-11,13H2,1H3,(H,24,28)(H,25,26,27). The van der Waals surface area contributed by atoms with Crippen molar-refractivity contribution >= 4 is 11.7 Å². The number of rotatable bonds is 7. The Labute approximate surface area is 161 Å². The Kier molecular flexibility index (Phi) is 6.26. The van der Waals surface area contributed by atoms with Crippen molar-refractivity contribution in [1.82, 2.24) is 15.3 Å². The van der Waals surface area contributed by atoms with Gasteiger partial charge in [-0.2, -0.15) is 0 Å². The number of aryl methyl sites for hydroxylation is 1. The molecular formula is C21H20F2N4O. The molecule has 28 heavy (non-hydrogen) atoms. The number of nitrogens with zero attached hydrogens (tertiary/aromatic N) is 2. The van der Waals surface area contributed by atoms with Gasteiger partial charge in [0.05, 0.1) is 0 Å². The first-order chi connectivity index (χ1) is 13.5. The van der Waals surface area contributed by atoms with E-state index in [2.05, 4.69) is 20.6 Å². The van der Waals surface area contributed by atoms with Crippen LogP contribution in [0.25, 0.3) is 0 Å². The van der Waals surface area contributed by atoms with Gasteiger partial charge in [0.2, 0.25) is 0 Å². The number of anilines is 1. The number of nitrogens with one attached hydrogen (secondary N) is 2. The predicted molar refractivity (Wildman–Crippen MR) is 103 cm³/mol. The lowest BCUT2D eigenvalue weighted by molar-refractivity contribution is 0.0948. The lowest BCUT2D eigenvalue weighted by Crippen LogP contribution is -2.27. The zero-order valence-electron chi connectivity index (χ0n) is 15.4. The van der Waals surface area contributed by atoms with Gasteiger partial charge in [-0.1, -0.05) is 36.4 Å². The Balaban J connectivity index is 1.61. The highest BCUT2D eigenvalue weighted by molar-refractivity contribution is 5.92. The molecule has 2 N–H and O–H groups in total. The van der Waals surface area contributed by atoms with Gasteiger partial charge in [0.1, 0.15) is 29.0 Å². The summed E-state index contributed by atoms with van der Waals surface area (Å²) in [5.41, 5.74) is 1.22. The SMILES string of the molecule is Cc1nc(NCc2ccccc2F)cc(C(=O)NCCc2ccccc2F)n1. The van der Waals surface area contributed by atoms with E-state index in [4.69, 9.17) is 0 Å². The molecule has 0 saturated heterocycles. The fourth-order valence-corrected chi connectivity index (χ4v) is 2.70. The van der Waals surface area contributed by atoms with Crippen LogP contribution in [-0.2, 0) is 13.0 Å². The Bertz CT molecular complexity index is 978. The molecule has 1 amide bonds. The number of carbonyl (C=O) groups is 1. The number of carbonyl (C=O) groups excluding carboxylic acids is 1. The van der Waals surface area contributed by atoms with Crippen molar-refractivity contribution in [1.29, 1.82) is 0 Å². The molecule has 0 aliphatic carbocycles. The molecule has 0 aliphatic heterocycles. The first-order valence-electron chi connectivity index (χ1n) is 8.87. The smallest absolute Gasteiger partial charge is 0.270 e. The quantitative estimate of drug-likeness (QED) is 0.655. The number of amides is 1. The van der Waals surface area contributed by atoms with Gasteiger partial charge >= 0.3 is 0 Å². The average molecular weight is 382 g/mol.